The lowest BCUT2D eigenvalue weighted by Gasteiger charge is -2.40. The van der Waals surface area contributed by atoms with Gasteiger partial charge in [0.15, 0.2) is 0 Å². The van der Waals surface area contributed by atoms with E-state index in [1.807, 2.05) is 37.3 Å². The average Bonchev–Trinajstić information content (AvgIpc) is 3.30. The Bertz CT molecular complexity index is 1370. The zero-order valence-electron chi connectivity index (χ0n) is 20.7. The van der Waals surface area contributed by atoms with E-state index in [0.717, 1.165) is 42.0 Å². The average molecular weight is 507 g/mol. The summed E-state index contributed by atoms with van der Waals surface area (Å²) in [4.78, 5) is 15.0. The van der Waals surface area contributed by atoms with E-state index >= 15 is 0 Å². The first kappa shape index (κ1) is 24.3. The largest absolute Gasteiger partial charge is 0.497 e. The molecule has 1 fully saturated rings. The van der Waals surface area contributed by atoms with Crippen LogP contribution in [-0.4, -0.2) is 46.6 Å². The van der Waals surface area contributed by atoms with Gasteiger partial charge in [0.25, 0.3) is 10.0 Å². The Kier molecular flexibility index (Phi) is 6.49. The summed E-state index contributed by atoms with van der Waals surface area (Å²) in [5, 5.41) is 0. The molecule has 2 atom stereocenters. The molecule has 0 bridgehead atoms. The minimum Gasteiger partial charge on any atom is -0.497 e. The zero-order valence-corrected chi connectivity index (χ0v) is 21.5. The van der Waals surface area contributed by atoms with Crippen molar-refractivity contribution in [3.63, 3.8) is 0 Å². The summed E-state index contributed by atoms with van der Waals surface area (Å²) in [5.41, 5.74) is 4.03. The Morgan fingerprint density at radius 2 is 1.72 bits per heavy atom. The van der Waals surface area contributed by atoms with Crippen LogP contribution in [0.4, 0.5) is 5.69 Å². The second kappa shape index (κ2) is 9.59. The van der Waals surface area contributed by atoms with Gasteiger partial charge in [0, 0.05) is 19.1 Å². The van der Waals surface area contributed by atoms with Gasteiger partial charge < -0.3 is 9.47 Å². The van der Waals surface area contributed by atoms with Crippen LogP contribution in [0.25, 0.3) is 0 Å². The monoisotopic (exact) mass is 506 g/mol. The van der Waals surface area contributed by atoms with Crippen LogP contribution in [0, 0.1) is 12.8 Å². The molecule has 7 nitrogen and oxygen atoms in total. The van der Waals surface area contributed by atoms with E-state index in [0.29, 0.717) is 17.8 Å². The highest BCUT2D eigenvalue weighted by Gasteiger charge is 2.44. The molecule has 2 heterocycles. The minimum atomic E-state index is -3.77. The maximum absolute atomic E-state index is 13.8. The van der Waals surface area contributed by atoms with Crippen molar-refractivity contribution >= 4 is 21.7 Å². The fourth-order valence-electron chi connectivity index (χ4n) is 5.35. The molecule has 0 spiro atoms. The first-order chi connectivity index (χ1) is 17.3. The van der Waals surface area contributed by atoms with Crippen molar-refractivity contribution in [2.75, 3.05) is 31.6 Å². The standard InChI is InChI=1S/C28H30N2O5S/c1-19-4-11-24(12-5-19)36(32,33)30-18-22-14-15-29(17-20-6-9-23(34-2)10-7-20)27(22)25-16-21(28(31)35-3)8-13-26(25)30/h4-13,16,22,27H,14-15,17-18H2,1-3H3/t22-,27-/m1/s1. The predicted octanol–water partition coefficient (Wildman–Crippen LogP) is 4.56. The number of benzene rings is 3. The summed E-state index contributed by atoms with van der Waals surface area (Å²) in [6.07, 6.45) is 0.864. The van der Waals surface area contributed by atoms with Crippen LogP contribution in [0.15, 0.2) is 71.6 Å². The van der Waals surface area contributed by atoms with Gasteiger partial charge in [0.1, 0.15) is 5.75 Å². The molecule has 1 saturated heterocycles. The lowest BCUT2D eigenvalue weighted by atomic mass is 9.88. The molecule has 2 aliphatic rings. The Hall–Kier alpha value is -3.36. The molecule has 3 aromatic carbocycles. The van der Waals surface area contributed by atoms with Crippen molar-refractivity contribution in [3.8, 4) is 5.75 Å². The van der Waals surface area contributed by atoms with E-state index in [9.17, 15) is 13.2 Å². The smallest absolute Gasteiger partial charge is 0.337 e. The van der Waals surface area contributed by atoms with Gasteiger partial charge in [-0.3, -0.25) is 9.21 Å². The van der Waals surface area contributed by atoms with Gasteiger partial charge in [-0.2, -0.15) is 0 Å². The fraction of sp³-hybridized carbons (Fsp3) is 0.321. The number of carbonyl (C=O) groups is 1. The summed E-state index contributed by atoms with van der Waals surface area (Å²) in [6.45, 7) is 3.88. The Morgan fingerprint density at radius 3 is 2.39 bits per heavy atom. The summed E-state index contributed by atoms with van der Waals surface area (Å²) in [7, 11) is -0.770. The highest BCUT2D eigenvalue weighted by Crippen LogP contribution is 2.48. The fourth-order valence-corrected chi connectivity index (χ4v) is 6.90. The van der Waals surface area contributed by atoms with Gasteiger partial charge in [-0.1, -0.05) is 29.8 Å². The first-order valence-corrected chi connectivity index (χ1v) is 13.4. The number of hydrogen-bond acceptors (Lipinski definition) is 6. The lowest BCUT2D eigenvalue weighted by Crippen LogP contribution is -2.42. The van der Waals surface area contributed by atoms with Crippen molar-refractivity contribution in [1.82, 2.24) is 4.90 Å². The van der Waals surface area contributed by atoms with E-state index < -0.39 is 16.0 Å². The highest BCUT2D eigenvalue weighted by atomic mass is 32.2. The number of rotatable bonds is 6. The molecule has 2 aliphatic heterocycles. The highest BCUT2D eigenvalue weighted by molar-refractivity contribution is 7.92. The predicted molar refractivity (Wildman–Crippen MR) is 138 cm³/mol. The van der Waals surface area contributed by atoms with Crippen molar-refractivity contribution in [3.05, 3.63) is 89.0 Å². The van der Waals surface area contributed by atoms with Crippen molar-refractivity contribution in [2.45, 2.75) is 30.8 Å². The molecule has 3 aromatic rings. The number of carbonyl (C=O) groups excluding carboxylic acids is 1. The van der Waals surface area contributed by atoms with Gasteiger partial charge in [-0.05, 0) is 79.4 Å². The number of likely N-dealkylation sites (tertiary alicyclic amines) is 1. The van der Waals surface area contributed by atoms with Gasteiger partial charge in [0.2, 0.25) is 0 Å². The van der Waals surface area contributed by atoms with E-state index in [2.05, 4.69) is 17.0 Å². The zero-order chi connectivity index (χ0) is 25.4. The third kappa shape index (κ3) is 4.35. The lowest BCUT2D eigenvalue weighted by molar-refractivity contribution is 0.0600. The third-order valence-corrected chi connectivity index (χ3v) is 9.01. The molecule has 0 aliphatic carbocycles. The normalized spacial score (nSPS) is 19.5. The SMILES string of the molecule is COC(=O)c1ccc2c(c1)[C@H]1[C@H](CCN1Cc1ccc(OC)cc1)CN2S(=O)(=O)c1ccc(C)cc1. The quantitative estimate of drug-likeness (QED) is 0.456. The van der Waals surface area contributed by atoms with Crippen LogP contribution >= 0.6 is 0 Å². The molecule has 36 heavy (non-hydrogen) atoms. The number of hydrogen-bond donors (Lipinski definition) is 0. The molecule has 5 rings (SSSR count). The summed E-state index contributed by atoms with van der Waals surface area (Å²) in [5.74, 6) is 0.470. The molecule has 0 N–H and O–H groups in total. The Balaban J connectivity index is 1.55. The molecule has 0 unspecified atom stereocenters. The maximum Gasteiger partial charge on any atom is 0.337 e. The molecular formula is C28H30N2O5S. The van der Waals surface area contributed by atoms with Crippen LogP contribution in [-0.2, 0) is 21.3 Å². The topological polar surface area (TPSA) is 76.2 Å². The molecule has 8 heteroatoms. The molecule has 188 valence electrons. The molecule has 0 radical (unpaired) electrons. The van der Waals surface area contributed by atoms with Crippen LogP contribution in [0.3, 0.4) is 0 Å². The number of fused-ring (bicyclic) bond motifs is 3. The van der Waals surface area contributed by atoms with E-state index in [-0.39, 0.29) is 16.9 Å². The van der Waals surface area contributed by atoms with E-state index in [1.165, 1.54) is 11.4 Å². The van der Waals surface area contributed by atoms with Gasteiger partial charge in [-0.15, -0.1) is 0 Å². The Morgan fingerprint density at radius 1 is 1.00 bits per heavy atom. The van der Waals surface area contributed by atoms with Crippen molar-refractivity contribution in [1.29, 1.82) is 0 Å². The summed E-state index contributed by atoms with van der Waals surface area (Å²) < 4.78 is 39.3. The second-order valence-electron chi connectivity index (χ2n) is 9.43. The van der Waals surface area contributed by atoms with Crippen molar-refractivity contribution < 1.29 is 22.7 Å². The maximum atomic E-state index is 13.8. The van der Waals surface area contributed by atoms with Crippen LogP contribution in [0.5, 0.6) is 5.75 Å². The van der Waals surface area contributed by atoms with E-state index in [4.69, 9.17) is 9.47 Å². The molecule has 0 aromatic heterocycles. The summed E-state index contributed by atoms with van der Waals surface area (Å²) in [6, 6.07) is 20.1. The number of sulfonamides is 1. The van der Waals surface area contributed by atoms with Gasteiger partial charge in [0.05, 0.1) is 30.4 Å². The number of methoxy groups -OCH3 is 2. The van der Waals surface area contributed by atoms with Crippen LogP contribution in [0.1, 0.15) is 39.5 Å². The number of ether oxygens (including phenoxy) is 2. The van der Waals surface area contributed by atoms with Gasteiger partial charge >= 0.3 is 5.97 Å². The second-order valence-corrected chi connectivity index (χ2v) is 11.3. The van der Waals surface area contributed by atoms with Gasteiger partial charge in [-0.25, -0.2) is 13.2 Å². The molecular weight excluding hydrogens is 476 g/mol. The number of anilines is 1. The van der Waals surface area contributed by atoms with Crippen LogP contribution < -0.4 is 9.04 Å². The first-order valence-electron chi connectivity index (χ1n) is 12.0. The number of nitrogens with zero attached hydrogens (tertiary/aromatic N) is 2. The third-order valence-electron chi connectivity index (χ3n) is 7.22. The number of esters is 1. The Labute approximate surface area is 212 Å². The van der Waals surface area contributed by atoms with E-state index in [1.54, 1.807) is 31.4 Å². The number of aryl methyl sites for hydroxylation is 1. The summed E-state index contributed by atoms with van der Waals surface area (Å²) >= 11 is 0. The molecule has 0 saturated carbocycles. The minimum absolute atomic E-state index is 0.00354. The molecule has 0 amide bonds. The van der Waals surface area contributed by atoms with Crippen molar-refractivity contribution in [2.24, 2.45) is 5.92 Å². The van der Waals surface area contributed by atoms with Crippen LogP contribution in [0.2, 0.25) is 0 Å².